The molecule has 4 amide bonds. The van der Waals surface area contributed by atoms with Gasteiger partial charge in [0.25, 0.3) is 5.91 Å². The Morgan fingerprint density at radius 1 is 1.12 bits per heavy atom. The lowest BCUT2D eigenvalue weighted by molar-refractivity contribution is -0.131. The lowest BCUT2D eigenvalue weighted by Gasteiger charge is -2.28. The number of barbiturate groups is 1. The van der Waals surface area contributed by atoms with Crippen LogP contribution in [0.2, 0.25) is 0 Å². The number of nitrogens with zero attached hydrogens (tertiary/aromatic N) is 2. The highest BCUT2D eigenvalue weighted by molar-refractivity contribution is 6.32. The lowest BCUT2D eigenvalue weighted by Crippen LogP contribution is -2.58. The highest BCUT2D eigenvalue weighted by Crippen LogP contribution is 2.21. The minimum Gasteiger partial charge on any atom is -0.276 e. The number of hydrogen-bond donors (Lipinski definition) is 1. The fourth-order valence-electron chi connectivity index (χ4n) is 2.43. The molecule has 2 aromatic carbocycles. The Hall–Kier alpha value is -3.35. The molecule has 25 heavy (non-hydrogen) atoms. The molecule has 1 atom stereocenters. The van der Waals surface area contributed by atoms with Gasteiger partial charge < -0.3 is 0 Å². The van der Waals surface area contributed by atoms with Gasteiger partial charge in [-0.2, -0.15) is 0 Å². The van der Waals surface area contributed by atoms with Crippen molar-refractivity contribution >= 4 is 35.4 Å². The summed E-state index contributed by atoms with van der Waals surface area (Å²) in [5.74, 6) is -3.23. The zero-order valence-electron chi connectivity index (χ0n) is 13.3. The van der Waals surface area contributed by atoms with E-state index in [-0.39, 0.29) is 5.69 Å². The molecule has 1 N–H and O–H groups in total. The first-order chi connectivity index (χ1) is 12.0. The summed E-state index contributed by atoms with van der Waals surface area (Å²) in [5.41, 5.74) is 1.74. The van der Waals surface area contributed by atoms with E-state index in [4.69, 9.17) is 0 Å². The third kappa shape index (κ3) is 3.45. The SMILES string of the molecule is Cc1cccc(N=C[C@@H]2C(=O)NC(=O)N(c3ccc(F)cc3)C2=O)c1. The van der Waals surface area contributed by atoms with E-state index < -0.39 is 29.6 Å². The average Bonchev–Trinajstić information content (AvgIpc) is 2.56. The number of anilines is 1. The molecular weight excluding hydrogens is 325 g/mol. The summed E-state index contributed by atoms with van der Waals surface area (Å²) < 4.78 is 13.0. The van der Waals surface area contributed by atoms with Crippen LogP contribution >= 0.6 is 0 Å². The predicted octanol–water partition coefficient (Wildman–Crippen LogP) is 2.74. The van der Waals surface area contributed by atoms with E-state index in [1.807, 2.05) is 13.0 Å². The Balaban J connectivity index is 1.89. The first-order valence-electron chi connectivity index (χ1n) is 7.51. The Labute approximate surface area is 143 Å². The van der Waals surface area contributed by atoms with Crippen molar-refractivity contribution in [1.29, 1.82) is 0 Å². The van der Waals surface area contributed by atoms with Crippen molar-refractivity contribution < 1.29 is 18.8 Å². The molecule has 1 heterocycles. The third-order valence-corrected chi connectivity index (χ3v) is 3.66. The topological polar surface area (TPSA) is 78.8 Å². The maximum Gasteiger partial charge on any atom is 0.335 e. The maximum absolute atomic E-state index is 13.0. The minimum absolute atomic E-state index is 0.172. The number of hydrogen-bond acceptors (Lipinski definition) is 4. The molecule has 0 spiro atoms. The number of imide groups is 2. The van der Waals surface area contributed by atoms with Gasteiger partial charge in [0.2, 0.25) is 5.91 Å². The average molecular weight is 339 g/mol. The number of nitrogens with one attached hydrogen (secondary N) is 1. The van der Waals surface area contributed by atoms with Gasteiger partial charge in [-0.05, 0) is 48.9 Å². The van der Waals surface area contributed by atoms with E-state index in [0.717, 1.165) is 22.6 Å². The van der Waals surface area contributed by atoms with Crippen molar-refractivity contribution in [1.82, 2.24) is 5.32 Å². The Morgan fingerprint density at radius 3 is 2.52 bits per heavy atom. The van der Waals surface area contributed by atoms with Crippen LogP contribution < -0.4 is 10.2 Å². The smallest absolute Gasteiger partial charge is 0.276 e. The van der Waals surface area contributed by atoms with E-state index >= 15 is 0 Å². The number of aliphatic imine (C=N–C) groups is 1. The highest BCUT2D eigenvalue weighted by atomic mass is 19.1. The van der Waals surface area contributed by atoms with Gasteiger partial charge in [0, 0.05) is 6.21 Å². The molecule has 3 rings (SSSR count). The Morgan fingerprint density at radius 2 is 1.84 bits per heavy atom. The second kappa shape index (κ2) is 6.64. The van der Waals surface area contributed by atoms with Crippen molar-refractivity contribution in [2.75, 3.05) is 4.90 Å². The molecule has 1 saturated heterocycles. The number of carbonyl (C=O) groups excluding carboxylic acids is 3. The molecule has 0 aromatic heterocycles. The summed E-state index contributed by atoms with van der Waals surface area (Å²) in [6, 6.07) is 11.2. The van der Waals surface area contributed by atoms with Gasteiger partial charge in [0.15, 0.2) is 5.92 Å². The summed E-state index contributed by atoms with van der Waals surface area (Å²) in [4.78, 5) is 41.5. The van der Waals surface area contributed by atoms with Crippen LogP contribution in [0.5, 0.6) is 0 Å². The van der Waals surface area contributed by atoms with Crippen molar-refractivity contribution in [3.63, 3.8) is 0 Å². The van der Waals surface area contributed by atoms with Crippen molar-refractivity contribution in [3.05, 3.63) is 59.9 Å². The fraction of sp³-hybridized carbons (Fsp3) is 0.111. The van der Waals surface area contributed by atoms with Crippen molar-refractivity contribution in [3.8, 4) is 0 Å². The van der Waals surface area contributed by atoms with Gasteiger partial charge in [0.05, 0.1) is 11.4 Å². The number of carbonyl (C=O) groups is 3. The van der Waals surface area contributed by atoms with Crippen molar-refractivity contribution in [2.24, 2.45) is 10.9 Å². The molecule has 6 nitrogen and oxygen atoms in total. The molecule has 0 aliphatic carbocycles. The lowest BCUT2D eigenvalue weighted by atomic mass is 10.1. The van der Waals surface area contributed by atoms with Crippen LogP contribution in [-0.4, -0.2) is 24.1 Å². The van der Waals surface area contributed by atoms with E-state index in [2.05, 4.69) is 10.3 Å². The molecule has 0 saturated carbocycles. The molecule has 0 bridgehead atoms. The molecular formula is C18H14FN3O3. The standard InChI is InChI=1S/C18H14FN3O3/c1-11-3-2-4-13(9-11)20-10-15-16(23)21-18(25)22(17(15)24)14-7-5-12(19)6-8-14/h2-10,15H,1H3,(H,21,23,25)/t15-/m1/s1. The largest absolute Gasteiger partial charge is 0.335 e. The minimum atomic E-state index is -1.25. The number of urea groups is 1. The molecule has 1 aliphatic heterocycles. The van der Waals surface area contributed by atoms with Gasteiger partial charge in [-0.3, -0.25) is 19.9 Å². The summed E-state index contributed by atoms with van der Waals surface area (Å²) >= 11 is 0. The zero-order valence-corrected chi connectivity index (χ0v) is 13.3. The van der Waals surface area contributed by atoms with Crippen LogP contribution in [0.4, 0.5) is 20.6 Å². The quantitative estimate of drug-likeness (QED) is 0.690. The Bertz CT molecular complexity index is 877. The molecule has 0 unspecified atom stereocenters. The molecule has 0 radical (unpaired) electrons. The van der Waals surface area contributed by atoms with Crippen LogP contribution in [0.3, 0.4) is 0 Å². The zero-order chi connectivity index (χ0) is 18.0. The predicted molar refractivity (Wildman–Crippen MR) is 90.2 cm³/mol. The number of benzene rings is 2. The van der Waals surface area contributed by atoms with Crippen LogP contribution in [0.1, 0.15) is 5.56 Å². The van der Waals surface area contributed by atoms with E-state index in [1.165, 1.54) is 18.3 Å². The number of amides is 4. The van der Waals surface area contributed by atoms with Gasteiger partial charge >= 0.3 is 6.03 Å². The summed E-state index contributed by atoms with van der Waals surface area (Å²) in [6.07, 6.45) is 1.20. The summed E-state index contributed by atoms with van der Waals surface area (Å²) in [6.45, 7) is 1.90. The van der Waals surface area contributed by atoms with Crippen LogP contribution in [0.25, 0.3) is 0 Å². The van der Waals surface area contributed by atoms with Crippen molar-refractivity contribution in [2.45, 2.75) is 6.92 Å². The van der Waals surface area contributed by atoms with Gasteiger partial charge in [-0.25, -0.2) is 14.1 Å². The number of rotatable bonds is 3. The van der Waals surface area contributed by atoms with E-state index in [9.17, 15) is 18.8 Å². The molecule has 1 fully saturated rings. The van der Waals surface area contributed by atoms with Crippen LogP contribution in [0, 0.1) is 18.7 Å². The van der Waals surface area contributed by atoms with Gasteiger partial charge in [0.1, 0.15) is 5.82 Å². The van der Waals surface area contributed by atoms with E-state index in [0.29, 0.717) is 5.69 Å². The number of halogens is 1. The fourth-order valence-corrected chi connectivity index (χ4v) is 2.43. The third-order valence-electron chi connectivity index (χ3n) is 3.66. The second-order valence-corrected chi connectivity index (χ2v) is 5.54. The molecule has 1 aliphatic rings. The molecule has 2 aromatic rings. The number of aryl methyl sites for hydroxylation is 1. The summed E-state index contributed by atoms with van der Waals surface area (Å²) in [7, 11) is 0. The Kier molecular flexibility index (Phi) is 4.38. The highest BCUT2D eigenvalue weighted by Gasteiger charge is 2.40. The second-order valence-electron chi connectivity index (χ2n) is 5.54. The first kappa shape index (κ1) is 16.5. The summed E-state index contributed by atoms with van der Waals surface area (Å²) in [5, 5.41) is 2.11. The molecule has 7 heteroatoms. The van der Waals surface area contributed by atoms with Crippen LogP contribution in [-0.2, 0) is 9.59 Å². The monoisotopic (exact) mass is 339 g/mol. The maximum atomic E-state index is 13.0. The van der Waals surface area contributed by atoms with E-state index in [1.54, 1.807) is 18.2 Å². The van der Waals surface area contributed by atoms with Crippen LogP contribution in [0.15, 0.2) is 53.5 Å². The van der Waals surface area contributed by atoms with Gasteiger partial charge in [-0.15, -0.1) is 0 Å². The molecule has 126 valence electrons. The first-order valence-corrected chi connectivity index (χ1v) is 7.51. The van der Waals surface area contributed by atoms with Gasteiger partial charge in [-0.1, -0.05) is 12.1 Å². The normalized spacial score (nSPS) is 17.9.